The molecule has 18 heavy (non-hydrogen) atoms. The fourth-order valence-corrected chi connectivity index (χ4v) is 1.16. The third kappa shape index (κ3) is 3.79. The molecular formula is C9H15N5O4. The van der Waals surface area contributed by atoms with Crippen LogP contribution in [0.5, 0.6) is 5.88 Å². The Balaban J connectivity index is 2.72. The summed E-state index contributed by atoms with van der Waals surface area (Å²) in [4.78, 5) is 17.5. The summed E-state index contributed by atoms with van der Waals surface area (Å²) in [5.41, 5.74) is 1.72. The fourth-order valence-electron chi connectivity index (χ4n) is 1.16. The Bertz CT molecular complexity index is 412. The van der Waals surface area contributed by atoms with Crippen molar-refractivity contribution in [1.29, 1.82) is 0 Å². The first-order valence-electron chi connectivity index (χ1n) is 5.26. The van der Waals surface area contributed by atoms with E-state index in [-0.39, 0.29) is 24.4 Å². The number of nitrogens with one attached hydrogen (secondary N) is 1. The standard InChI is InChI=1S/C9H15N5O4/c1-6(2)17-3-4-18-9-7(14(15)16)8(13-10)11-5-12-9/h5-6H,3-4,10H2,1-2H3,(H,11,12,13). The number of hydrazine groups is 1. The molecule has 9 nitrogen and oxygen atoms in total. The predicted octanol–water partition coefficient (Wildman–Crippen LogP) is 0.474. The quantitative estimate of drug-likeness (QED) is 0.312. The van der Waals surface area contributed by atoms with Crippen LogP contribution >= 0.6 is 0 Å². The van der Waals surface area contributed by atoms with Crippen LogP contribution in [0.25, 0.3) is 0 Å². The molecule has 0 aliphatic carbocycles. The van der Waals surface area contributed by atoms with Crippen LogP contribution in [0.15, 0.2) is 6.33 Å². The van der Waals surface area contributed by atoms with Crippen molar-refractivity contribution in [3.63, 3.8) is 0 Å². The highest BCUT2D eigenvalue weighted by Gasteiger charge is 2.23. The Hall–Kier alpha value is -2.00. The zero-order chi connectivity index (χ0) is 13.5. The minimum atomic E-state index is -0.659. The van der Waals surface area contributed by atoms with E-state index in [4.69, 9.17) is 15.3 Å². The molecule has 0 radical (unpaired) electrons. The van der Waals surface area contributed by atoms with Gasteiger partial charge >= 0.3 is 5.69 Å². The largest absolute Gasteiger partial charge is 0.470 e. The minimum Gasteiger partial charge on any atom is -0.470 e. The molecule has 0 bridgehead atoms. The van der Waals surface area contributed by atoms with Gasteiger partial charge in [-0.05, 0) is 13.8 Å². The summed E-state index contributed by atoms with van der Waals surface area (Å²) in [5.74, 6) is 4.88. The Labute approximate surface area is 103 Å². The molecule has 0 aliphatic rings. The van der Waals surface area contributed by atoms with E-state index in [2.05, 4.69) is 15.4 Å². The zero-order valence-corrected chi connectivity index (χ0v) is 10.1. The lowest BCUT2D eigenvalue weighted by Crippen LogP contribution is -2.15. The van der Waals surface area contributed by atoms with Crippen LogP contribution in [-0.4, -0.2) is 34.2 Å². The molecule has 0 saturated heterocycles. The molecule has 0 saturated carbocycles. The topological polar surface area (TPSA) is 125 Å². The molecule has 0 atom stereocenters. The molecule has 1 heterocycles. The summed E-state index contributed by atoms with van der Waals surface area (Å²) in [6, 6.07) is 0. The van der Waals surface area contributed by atoms with Crippen LogP contribution in [0.4, 0.5) is 11.5 Å². The van der Waals surface area contributed by atoms with E-state index < -0.39 is 10.6 Å². The molecule has 100 valence electrons. The first-order chi connectivity index (χ1) is 8.56. The monoisotopic (exact) mass is 257 g/mol. The SMILES string of the molecule is CC(C)OCCOc1ncnc(NN)c1[N+](=O)[O-]. The smallest absolute Gasteiger partial charge is 0.374 e. The second-order valence-electron chi connectivity index (χ2n) is 3.55. The van der Waals surface area contributed by atoms with E-state index in [0.29, 0.717) is 6.61 Å². The van der Waals surface area contributed by atoms with Gasteiger partial charge in [-0.1, -0.05) is 0 Å². The zero-order valence-electron chi connectivity index (χ0n) is 10.1. The van der Waals surface area contributed by atoms with Crippen molar-refractivity contribution in [3.8, 4) is 5.88 Å². The maximum absolute atomic E-state index is 10.9. The third-order valence-corrected chi connectivity index (χ3v) is 1.88. The van der Waals surface area contributed by atoms with E-state index in [1.807, 2.05) is 13.8 Å². The predicted molar refractivity (Wildman–Crippen MR) is 63.1 cm³/mol. The van der Waals surface area contributed by atoms with Crippen LogP contribution in [-0.2, 0) is 4.74 Å². The van der Waals surface area contributed by atoms with E-state index in [1.54, 1.807) is 0 Å². The summed E-state index contributed by atoms with van der Waals surface area (Å²) >= 11 is 0. The molecule has 1 aromatic rings. The number of hydrogen-bond acceptors (Lipinski definition) is 8. The number of nitrogens with zero attached hydrogens (tertiary/aromatic N) is 3. The van der Waals surface area contributed by atoms with Crippen molar-refractivity contribution in [2.24, 2.45) is 5.84 Å². The average molecular weight is 257 g/mol. The summed E-state index contributed by atoms with van der Waals surface area (Å²) < 4.78 is 10.4. The first kappa shape index (κ1) is 14.1. The highest BCUT2D eigenvalue weighted by Crippen LogP contribution is 2.29. The second kappa shape index (κ2) is 6.67. The lowest BCUT2D eigenvalue weighted by Gasteiger charge is -2.09. The maximum atomic E-state index is 10.9. The number of nitrogens with two attached hydrogens (primary N) is 1. The van der Waals surface area contributed by atoms with Gasteiger partial charge in [0, 0.05) is 0 Å². The van der Waals surface area contributed by atoms with Crippen LogP contribution in [0.3, 0.4) is 0 Å². The maximum Gasteiger partial charge on any atom is 0.374 e. The van der Waals surface area contributed by atoms with Crippen LogP contribution < -0.4 is 16.0 Å². The van der Waals surface area contributed by atoms with Crippen molar-refractivity contribution < 1.29 is 14.4 Å². The molecule has 3 N–H and O–H groups in total. The van der Waals surface area contributed by atoms with E-state index in [1.165, 1.54) is 0 Å². The number of nitrogen functional groups attached to an aromatic ring is 1. The van der Waals surface area contributed by atoms with Gasteiger partial charge < -0.3 is 14.9 Å². The van der Waals surface area contributed by atoms with Crippen molar-refractivity contribution >= 4 is 11.5 Å². The molecular weight excluding hydrogens is 242 g/mol. The van der Waals surface area contributed by atoms with Gasteiger partial charge in [0.25, 0.3) is 5.88 Å². The van der Waals surface area contributed by atoms with Gasteiger partial charge in [0.15, 0.2) is 0 Å². The van der Waals surface area contributed by atoms with Crippen molar-refractivity contribution in [3.05, 3.63) is 16.4 Å². The van der Waals surface area contributed by atoms with Crippen LogP contribution in [0.2, 0.25) is 0 Å². The molecule has 9 heteroatoms. The van der Waals surface area contributed by atoms with Gasteiger partial charge in [-0.3, -0.25) is 10.1 Å². The summed E-state index contributed by atoms with van der Waals surface area (Å²) in [5, 5.41) is 10.9. The Morgan fingerprint density at radius 2 is 2.22 bits per heavy atom. The Morgan fingerprint density at radius 1 is 1.50 bits per heavy atom. The fraction of sp³-hybridized carbons (Fsp3) is 0.556. The van der Waals surface area contributed by atoms with Gasteiger partial charge in [-0.25, -0.2) is 10.8 Å². The number of anilines is 1. The Kier molecular flexibility index (Phi) is 5.21. The second-order valence-corrected chi connectivity index (χ2v) is 3.55. The van der Waals surface area contributed by atoms with Crippen molar-refractivity contribution in [2.45, 2.75) is 20.0 Å². The van der Waals surface area contributed by atoms with E-state index >= 15 is 0 Å². The van der Waals surface area contributed by atoms with Crippen LogP contribution in [0.1, 0.15) is 13.8 Å². The van der Waals surface area contributed by atoms with Crippen molar-refractivity contribution in [1.82, 2.24) is 9.97 Å². The van der Waals surface area contributed by atoms with E-state index in [9.17, 15) is 10.1 Å². The summed E-state index contributed by atoms with van der Waals surface area (Å²) in [6.45, 7) is 4.22. The first-order valence-corrected chi connectivity index (χ1v) is 5.26. The normalized spacial score (nSPS) is 10.4. The van der Waals surface area contributed by atoms with Gasteiger partial charge in [0.2, 0.25) is 5.82 Å². The number of aromatic nitrogens is 2. The number of ether oxygens (including phenoxy) is 2. The molecule has 0 aliphatic heterocycles. The lowest BCUT2D eigenvalue weighted by molar-refractivity contribution is -0.385. The minimum absolute atomic E-state index is 0.0651. The summed E-state index contributed by atoms with van der Waals surface area (Å²) in [7, 11) is 0. The number of hydrogen-bond donors (Lipinski definition) is 2. The Morgan fingerprint density at radius 3 is 2.78 bits per heavy atom. The average Bonchev–Trinajstić information content (AvgIpc) is 2.33. The lowest BCUT2D eigenvalue weighted by atomic mass is 10.4. The third-order valence-electron chi connectivity index (χ3n) is 1.88. The molecule has 0 fully saturated rings. The van der Waals surface area contributed by atoms with Gasteiger partial charge in [0.05, 0.1) is 17.6 Å². The van der Waals surface area contributed by atoms with Crippen molar-refractivity contribution in [2.75, 3.05) is 18.6 Å². The highest BCUT2D eigenvalue weighted by atomic mass is 16.6. The van der Waals surface area contributed by atoms with Crippen LogP contribution in [0, 0.1) is 10.1 Å². The highest BCUT2D eigenvalue weighted by molar-refractivity contribution is 5.60. The number of nitro groups is 1. The van der Waals surface area contributed by atoms with E-state index in [0.717, 1.165) is 6.33 Å². The van der Waals surface area contributed by atoms with Gasteiger partial charge in [-0.15, -0.1) is 0 Å². The van der Waals surface area contributed by atoms with Gasteiger partial charge in [0.1, 0.15) is 12.9 Å². The molecule has 1 rings (SSSR count). The summed E-state index contributed by atoms with van der Waals surface area (Å²) in [6.07, 6.45) is 1.19. The molecule has 0 aromatic carbocycles. The molecule has 0 amide bonds. The number of rotatable bonds is 7. The van der Waals surface area contributed by atoms with Gasteiger partial charge in [-0.2, -0.15) is 4.98 Å². The molecule has 0 unspecified atom stereocenters. The molecule has 0 spiro atoms. The molecule has 1 aromatic heterocycles.